The second-order valence-electron chi connectivity index (χ2n) is 3.98. The van der Waals surface area contributed by atoms with Crippen LogP contribution in [0.25, 0.3) is 0 Å². The van der Waals surface area contributed by atoms with Crippen LogP contribution in [0.4, 0.5) is 0 Å². The molecular weight excluding hydrogens is 224 g/mol. The predicted molar refractivity (Wildman–Crippen MR) is 65.9 cm³/mol. The maximum Gasteiger partial charge on any atom is 0.138 e. The number of ketones is 1. The van der Waals surface area contributed by atoms with Gasteiger partial charge in [-0.05, 0) is 20.3 Å². The average molecular weight is 243 g/mol. The van der Waals surface area contributed by atoms with E-state index in [1.165, 1.54) is 0 Å². The van der Waals surface area contributed by atoms with E-state index < -0.39 is 0 Å². The minimum absolute atomic E-state index is 0.248. The maximum absolute atomic E-state index is 11.7. The normalized spacial score (nSPS) is 10.8. The van der Waals surface area contributed by atoms with E-state index in [2.05, 4.69) is 12.0 Å². The molecule has 1 rings (SSSR count). The summed E-state index contributed by atoms with van der Waals surface area (Å²) in [5.74, 6) is 0.248. The number of nitrogens with zero attached hydrogens (tertiary/aromatic N) is 2. The summed E-state index contributed by atoms with van der Waals surface area (Å²) in [5, 5.41) is 4.94. The molecule has 0 aliphatic carbocycles. The summed E-state index contributed by atoms with van der Waals surface area (Å²) in [7, 11) is 0. The molecule has 16 heavy (non-hydrogen) atoms. The van der Waals surface area contributed by atoms with Crippen LogP contribution in [0.2, 0.25) is 5.02 Å². The summed E-state index contributed by atoms with van der Waals surface area (Å²) in [4.78, 5) is 11.7. The summed E-state index contributed by atoms with van der Waals surface area (Å²) in [5.41, 5.74) is 1.67. The molecule has 0 atom stereocenters. The average Bonchev–Trinajstić information content (AvgIpc) is 2.54. The molecule has 0 aliphatic rings. The van der Waals surface area contributed by atoms with E-state index in [-0.39, 0.29) is 5.78 Å². The molecule has 4 heteroatoms. The minimum Gasteiger partial charge on any atom is -0.299 e. The number of carbonyl (C=O) groups excluding carboxylic acids is 1. The van der Waals surface area contributed by atoms with Crippen LogP contribution in [-0.4, -0.2) is 15.6 Å². The molecule has 0 radical (unpaired) electrons. The Morgan fingerprint density at radius 2 is 2.12 bits per heavy atom. The van der Waals surface area contributed by atoms with Gasteiger partial charge in [0.25, 0.3) is 0 Å². The monoisotopic (exact) mass is 242 g/mol. The van der Waals surface area contributed by atoms with Gasteiger partial charge >= 0.3 is 0 Å². The third-order valence-corrected chi connectivity index (χ3v) is 3.12. The van der Waals surface area contributed by atoms with Crippen molar-refractivity contribution in [3.05, 3.63) is 16.4 Å². The number of aromatic nitrogens is 2. The first-order chi connectivity index (χ1) is 7.60. The standard InChI is InChI=1S/C12H19ClN2O/c1-4-6-7-10(16)8-11-12(13)9(3)14-15(11)5-2/h4-8H2,1-3H3. The van der Waals surface area contributed by atoms with Gasteiger partial charge in [0, 0.05) is 19.4 Å². The van der Waals surface area contributed by atoms with Crippen molar-refractivity contribution in [3.63, 3.8) is 0 Å². The fourth-order valence-corrected chi connectivity index (χ4v) is 1.89. The van der Waals surface area contributed by atoms with Gasteiger partial charge in [-0.1, -0.05) is 24.9 Å². The van der Waals surface area contributed by atoms with Gasteiger partial charge in [0.2, 0.25) is 0 Å². The van der Waals surface area contributed by atoms with Gasteiger partial charge in [-0.2, -0.15) is 5.10 Å². The predicted octanol–water partition coefficient (Wildman–Crippen LogP) is 3.17. The Morgan fingerprint density at radius 1 is 1.44 bits per heavy atom. The molecule has 1 heterocycles. The molecule has 90 valence electrons. The van der Waals surface area contributed by atoms with E-state index in [1.807, 2.05) is 18.5 Å². The number of rotatable bonds is 6. The molecule has 1 aromatic heterocycles. The largest absolute Gasteiger partial charge is 0.299 e. The molecule has 0 spiro atoms. The molecular formula is C12H19ClN2O. The number of aryl methyl sites for hydroxylation is 2. The number of carbonyl (C=O) groups is 1. The summed E-state index contributed by atoms with van der Waals surface area (Å²) < 4.78 is 1.82. The van der Waals surface area contributed by atoms with Crippen LogP contribution in [0.1, 0.15) is 44.5 Å². The SMILES string of the molecule is CCCCC(=O)Cc1c(Cl)c(C)nn1CC. The zero-order valence-electron chi connectivity index (χ0n) is 10.2. The van der Waals surface area contributed by atoms with Gasteiger partial charge in [-0.15, -0.1) is 0 Å². The van der Waals surface area contributed by atoms with Crippen molar-refractivity contribution in [2.45, 2.75) is 53.0 Å². The quantitative estimate of drug-likeness (QED) is 0.768. The fraction of sp³-hybridized carbons (Fsp3) is 0.667. The lowest BCUT2D eigenvalue weighted by Crippen LogP contribution is -2.09. The van der Waals surface area contributed by atoms with Crippen molar-refractivity contribution in [2.75, 3.05) is 0 Å². The highest BCUT2D eigenvalue weighted by Crippen LogP contribution is 2.21. The summed E-state index contributed by atoms with van der Waals surface area (Å²) >= 11 is 6.14. The van der Waals surface area contributed by atoms with Gasteiger partial charge in [0.15, 0.2) is 0 Å². The van der Waals surface area contributed by atoms with Crippen LogP contribution in [0.3, 0.4) is 0 Å². The Bertz CT molecular complexity index is 371. The van der Waals surface area contributed by atoms with Crippen molar-refractivity contribution in [1.29, 1.82) is 0 Å². The molecule has 0 bridgehead atoms. The van der Waals surface area contributed by atoms with Crippen molar-refractivity contribution >= 4 is 17.4 Å². The lowest BCUT2D eigenvalue weighted by molar-refractivity contribution is -0.118. The van der Waals surface area contributed by atoms with Gasteiger partial charge in [-0.3, -0.25) is 9.48 Å². The van der Waals surface area contributed by atoms with Crippen molar-refractivity contribution < 1.29 is 4.79 Å². The van der Waals surface area contributed by atoms with Gasteiger partial charge in [0.05, 0.1) is 16.4 Å². The summed E-state index contributed by atoms with van der Waals surface area (Å²) in [6.07, 6.45) is 3.05. The second kappa shape index (κ2) is 6.04. The second-order valence-corrected chi connectivity index (χ2v) is 4.36. The smallest absolute Gasteiger partial charge is 0.138 e. The lowest BCUT2D eigenvalue weighted by atomic mass is 10.1. The zero-order valence-corrected chi connectivity index (χ0v) is 11.0. The number of halogens is 1. The number of Topliss-reactive ketones (excluding diaryl/α,β-unsaturated/α-hetero) is 1. The molecule has 0 saturated heterocycles. The third-order valence-electron chi connectivity index (χ3n) is 2.63. The van der Waals surface area contributed by atoms with Crippen LogP contribution in [0.5, 0.6) is 0 Å². The number of hydrogen-bond donors (Lipinski definition) is 0. The summed E-state index contributed by atoms with van der Waals surface area (Å²) in [6.45, 7) is 6.71. The van der Waals surface area contributed by atoms with Crippen molar-refractivity contribution in [3.8, 4) is 0 Å². The molecule has 0 N–H and O–H groups in total. The van der Waals surface area contributed by atoms with E-state index in [9.17, 15) is 4.79 Å². The summed E-state index contributed by atoms with van der Waals surface area (Å²) in [6, 6.07) is 0. The molecule has 0 saturated carbocycles. The Hall–Kier alpha value is -0.830. The molecule has 0 aromatic carbocycles. The first-order valence-corrected chi connectivity index (χ1v) is 6.21. The van der Waals surface area contributed by atoms with E-state index in [0.29, 0.717) is 17.9 Å². The van der Waals surface area contributed by atoms with E-state index >= 15 is 0 Å². The van der Waals surface area contributed by atoms with E-state index in [4.69, 9.17) is 11.6 Å². The Labute approximate surface area is 102 Å². The van der Waals surface area contributed by atoms with Gasteiger partial charge in [-0.25, -0.2) is 0 Å². The fourth-order valence-electron chi connectivity index (χ4n) is 1.69. The van der Waals surface area contributed by atoms with E-state index in [0.717, 1.165) is 30.8 Å². The van der Waals surface area contributed by atoms with Crippen LogP contribution in [-0.2, 0) is 17.8 Å². The van der Waals surface area contributed by atoms with Gasteiger partial charge < -0.3 is 0 Å². The highest BCUT2D eigenvalue weighted by Gasteiger charge is 2.15. The highest BCUT2D eigenvalue weighted by atomic mass is 35.5. The molecule has 0 unspecified atom stereocenters. The topological polar surface area (TPSA) is 34.9 Å². The molecule has 0 amide bonds. The number of unbranched alkanes of at least 4 members (excludes halogenated alkanes) is 1. The van der Waals surface area contributed by atoms with Crippen LogP contribution >= 0.6 is 11.6 Å². The Kier molecular flexibility index (Phi) is 5.00. The van der Waals surface area contributed by atoms with Gasteiger partial charge in [0.1, 0.15) is 5.78 Å². The maximum atomic E-state index is 11.7. The van der Waals surface area contributed by atoms with E-state index in [1.54, 1.807) is 0 Å². The molecule has 3 nitrogen and oxygen atoms in total. The lowest BCUT2D eigenvalue weighted by Gasteiger charge is -2.04. The first kappa shape index (κ1) is 13.2. The first-order valence-electron chi connectivity index (χ1n) is 5.83. The third kappa shape index (κ3) is 3.08. The van der Waals surface area contributed by atoms with Crippen LogP contribution in [0.15, 0.2) is 0 Å². The Morgan fingerprint density at radius 3 is 2.69 bits per heavy atom. The van der Waals surface area contributed by atoms with Crippen LogP contribution < -0.4 is 0 Å². The van der Waals surface area contributed by atoms with Crippen LogP contribution in [0, 0.1) is 6.92 Å². The zero-order chi connectivity index (χ0) is 12.1. The molecule has 0 aliphatic heterocycles. The number of hydrogen-bond acceptors (Lipinski definition) is 2. The highest BCUT2D eigenvalue weighted by molar-refractivity contribution is 6.32. The molecule has 1 aromatic rings. The van der Waals surface area contributed by atoms with Crippen molar-refractivity contribution in [2.24, 2.45) is 0 Å². The minimum atomic E-state index is 0.248. The van der Waals surface area contributed by atoms with Crippen molar-refractivity contribution in [1.82, 2.24) is 9.78 Å². The Balaban J connectivity index is 2.75. The molecule has 0 fully saturated rings.